The van der Waals surface area contributed by atoms with Crippen molar-refractivity contribution in [1.82, 2.24) is 0 Å². The molecule has 0 aliphatic heterocycles. The molecule has 2 rings (SSSR count). The lowest BCUT2D eigenvalue weighted by molar-refractivity contribution is 0.569. The summed E-state index contributed by atoms with van der Waals surface area (Å²) in [5.74, 6) is -0.813. The number of sulfonamides is 1. The van der Waals surface area contributed by atoms with E-state index in [1.165, 1.54) is 12.1 Å². The van der Waals surface area contributed by atoms with Crippen molar-refractivity contribution < 1.29 is 12.8 Å². The molecule has 0 heterocycles. The van der Waals surface area contributed by atoms with Crippen molar-refractivity contribution in [3.05, 3.63) is 57.8 Å². The molecule has 4 nitrogen and oxygen atoms in total. The van der Waals surface area contributed by atoms with Gasteiger partial charge in [-0.2, -0.15) is 0 Å². The first-order valence-corrected chi connectivity index (χ1v) is 8.39. The second-order valence-corrected chi connectivity index (χ2v) is 6.99. The minimum absolute atomic E-state index is 0.138. The third-order valence-corrected chi connectivity index (χ3v) is 5.27. The second-order valence-electron chi connectivity index (χ2n) is 4.49. The predicted molar refractivity (Wildman–Crippen MR) is 84.0 cm³/mol. The van der Waals surface area contributed by atoms with Gasteiger partial charge >= 0.3 is 0 Å². The SMILES string of the molecule is Cc1c(Br)cccc1NS(=O)(=O)c1cc(CN)ccc1F. The number of nitrogens with one attached hydrogen (secondary N) is 1. The Hall–Kier alpha value is -1.44. The van der Waals surface area contributed by atoms with Crippen LogP contribution in [0.25, 0.3) is 0 Å². The number of nitrogens with two attached hydrogens (primary N) is 1. The third-order valence-electron chi connectivity index (χ3n) is 3.03. The highest BCUT2D eigenvalue weighted by Crippen LogP contribution is 2.26. The van der Waals surface area contributed by atoms with Crippen LogP contribution in [-0.2, 0) is 16.6 Å². The Bertz CT molecular complexity index is 779. The summed E-state index contributed by atoms with van der Waals surface area (Å²) in [5, 5.41) is 0. The van der Waals surface area contributed by atoms with Crippen molar-refractivity contribution in [2.75, 3.05) is 4.72 Å². The summed E-state index contributed by atoms with van der Waals surface area (Å²) in [5.41, 5.74) is 7.12. The van der Waals surface area contributed by atoms with Crippen LogP contribution in [0.3, 0.4) is 0 Å². The topological polar surface area (TPSA) is 72.2 Å². The van der Waals surface area contributed by atoms with E-state index in [4.69, 9.17) is 5.73 Å². The number of hydrogen-bond acceptors (Lipinski definition) is 3. The fourth-order valence-electron chi connectivity index (χ4n) is 1.80. The van der Waals surface area contributed by atoms with Gasteiger partial charge in [0.15, 0.2) is 0 Å². The Balaban J connectivity index is 2.46. The van der Waals surface area contributed by atoms with E-state index < -0.39 is 20.7 Å². The number of benzene rings is 2. The normalized spacial score (nSPS) is 11.4. The zero-order valence-electron chi connectivity index (χ0n) is 11.2. The fraction of sp³-hybridized carbons (Fsp3) is 0.143. The van der Waals surface area contributed by atoms with Crippen molar-refractivity contribution in [2.45, 2.75) is 18.4 Å². The summed E-state index contributed by atoms with van der Waals surface area (Å²) in [4.78, 5) is -0.412. The molecule has 0 aliphatic carbocycles. The lowest BCUT2D eigenvalue weighted by Gasteiger charge is -2.12. The van der Waals surface area contributed by atoms with Gasteiger partial charge in [-0.15, -0.1) is 0 Å². The van der Waals surface area contributed by atoms with Gasteiger partial charge in [0.05, 0.1) is 5.69 Å². The van der Waals surface area contributed by atoms with E-state index in [0.29, 0.717) is 11.3 Å². The maximum Gasteiger partial charge on any atom is 0.264 e. The molecule has 2 aromatic rings. The smallest absolute Gasteiger partial charge is 0.264 e. The Kier molecular flexibility index (Phi) is 4.65. The van der Waals surface area contributed by atoms with E-state index in [1.807, 2.05) is 0 Å². The average molecular weight is 373 g/mol. The van der Waals surface area contributed by atoms with Crippen molar-refractivity contribution in [3.63, 3.8) is 0 Å². The van der Waals surface area contributed by atoms with Crippen LogP contribution in [0.2, 0.25) is 0 Å². The van der Waals surface area contributed by atoms with Gasteiger partial charge in [-0.3, -0.25) is 4.72 Å². The van der Waals surface area contributed by atoms with Gasteiger partial charge in [-0.25, -0.2) is 12.8 Å². The van der Waals surface area contributed by atoms with E-state index in [1.54, 1.807) is 25.1 Å². The van der Waals surface area contributed by atoms with E-state index in [0.717, 1.165) is 16.1 Å². The van der Waals surface area contributed by atoms with Crippen LogP contribution in [-0.4, -0.2) is 8.42 Å². The molecule has 112 valence electrons. The molecule has 0 amide bonds. The summed E-state index contributed by atoms with van der Waals surface area (Å²) in [6, 6.07) is 8.90. The zero-order chi connectivity index (χ0) is 15.6. The molecule has 0 atom stereocenters. The molecule has 0 saturated carbocycles. The minimum Gasteiger partial charge on any atom is -0.326 e. The van der Waals surface area contributed by atoms with Crippen LogP contribution in [0.4, 0.5) is 10.1 Å². The Labute approximate surface area is 131 Å². The molecule has 0 bridgehead atoms. The van der Waals surface area contributed by atoms with Gasteiger partial charge in [-0.1, -0.05) is 28.1 Å². The highest BCUT2D eigenvalue weighted by molar-refractivity contribution is 9.10. The molecule has 0 saturated heterocycles. The predicted octanol–water partition coefficient (Wildman–Crippen LogP) is 3.16. The molecule has 0 fully saturated rings. The van der Waals surface area contributed by atoms with Gasteiger partial charge < -0.3 is 5.73 Å². The first-order chi connectivity index (χ1) is 9.85. The maximum atomic E-state index is 13.8. The lowest BCUT2D eigenvalue weighted by Crippen LogP contribution is -2.16. The Morgan fingerprint density at radius 2 is 2.00 bits per heavy atom. The van der Waals surface area contributed by atoms with Crippen molar-refractivity contribution in [3.8, 4) is 0 Å². The fourth-order valence-corrected chi connectivity index (χ4v) is 3.42. The molecule has 0 spiro atoms. The van der Waals surface area contributed by atoms with E-state index in [-0.39, 0.29) is 6.54 Å². The molecule has 0 aliphatic rings. The van der Waals surface area contributed by atoms with Gasteiger partial charge in [0.2, 0.25) is 0 Å². The summed E-state index contributed by atoms with van der Waals surface area (Å²) in [6.07, 6.45) is 0. The lowest BCUT2D eigenvalue weighted by atomic mass is 10.2. The van der Waals surface area contributed by atoms with E-state index in [2.05, 4.69) is 20.7 Å². The molecule has 2 aromatic carbocycles. The molecule has 0 aromatic heterocycles. The maximum absolute atomic E-state index is 13.8. The van der Waals surface area contributed by atoms with Crippen LogP contribution in [0, 0.1) is 12.7 Å². The zero-order valence-corrected chi connectivity index (χ0v) is 13.6. The second kappa shape index (κ2) is 6.13. The van der Waals surface area contributed by atoms with Crippen LogP contribution >= 0.6 is 15.9 Å². The van der Waals surface area contributed by atoms with Crippen LogP contribution < -0.4 is 10.5 Å². The summed E-state index contributed by atoms with van der Waals surface area (Å²) >= 11 is 3.32. The number of halogens is 2. The summed E-state index contributed by atoms with van der Waals surface area (Å²) < 4.78 is 41.7. The monoisotopic (exact) mass is 372 g/mol. The molecule has 0 unspecified atom stereocenters. The standard InChI is InChI=1S/C14H14BrFN2O2S/c1-9-11(15)3-2-4-13(9)18-21(19,20)14-7-10(8-17)5-6-12(14)16/h2-7,18H,8,17H2,1H3. The van der Waals surface area contributed by atoms with Crippen LogP contribution in [0.1, 0.15) is 11.1 Å². The Morgan fingerprint density at radius 1 is 1.29 bits per heavy atom. The van der Waals surface area contributed by atoms with Gasteiger partial charge in [0.1, 0.15) is 10.7 Å². The Morgan fingerprint density at radius 3 is 2.67 bits per heavy atom. The first kappa shape index (κ1) is 15.9. The van der Waals surface area contributed by atoms with Crippen molar-refractivity contribution in [1.29, 1.82) is 0 Å². The van der Waals surface area contributed by atoms with E-state index in [9.17, 15) is 12.8 Å². The van der Waals surface area contributed by atoms with Gasteiger partial charge in [0.25, 0.3) is 10.0 Å². The summed E-state index contributed by atoms with van der Waals surface area (Å²) in [7, 11) is -4.02. The first-order valence-electron chi connectivity index (χ1n) is 6.11. The molecule has 0 radical (unpaired) electrons. The molecular formula is C14H14BrFN2O2S. The average Bonchev–Trinajstić information content (AvgIpc) is 2.44. The number of anilines is 1. The van der Waals surface area contributed by atoms with Crippen molar-refractivity contribution in [2.24, 2.45) is 5.73 Å². The largest absolute Gasteiger partial charge is 0.326 e. The third kappa shape index (κ3) is 3.42. The van der Waals surface area contributed by atoms with Gasteiger partial charge in [0, 0.05) is 11.0 Å². The quantitative estimate of drug-likeness (QED) is 0.865. The minimum atomic E-state index is -4.02. The van der Waals surface area contributed by atoms with Gasteiger partial charge in [-0.05, 0) is 42.3 Å². The highest BCUT2D eigenvalue weighted by atomic mass is 79.9. The van der Waals surface area contributed by atoms with E-state index >= 15 is 0 Å². The van der Waals surface area contributed by atoms with Crippen LogP contribution in [0.15, 0.2) is 45.8 Å². The number of hydrogen-bond donors (Lipinski definition) is 2. The summed E-state index contributed by atoms with van der Waals surface area (Å²) in [6.45, 7) is 1.90. The molecule has 3 N–H and O–H groups in total. The van der Waals surface area contributed by atoms with Crippen molar-refractivity contribution >= 4 is 31.6 Å². The van der Waals surface area contributed by atoms with Crippen LogP contribution in [0.5, 0.6) is 0 Å². The highest BCUT2D eigenvalue weighted by Gasteiger charge is 2.20. The molecule has 21 heavy (non-hydrogen) atoms. The molecule has 7 heteroatoms. The molecular weight excluding hydrogens is 359 g/mol. The number of rotatable bonds is 4.